The van der Waals surface area contributed by atoms with Crippen LogP contribution in [0.3, 0.4) is 0 Å². The lowest BCUT2D eigenvalue weighted by Gasteiger charge is -2.23. The van der Waals surface area contributed by atoms with Gasteiger partial charge < -0.3 is 15.8 Å². The summed E-state index contributed by atoms with van der Waals surface area (Å²) in [6.07, 6.45) is 1.70. The van der Waals surface area contributed by atoms with Gasteiger partial charge >= 0.3 is 0 Å². The number of methoxy groups -OCH3 is 1. The van der Waals surface area contributed by atoms with Crippen LogP contribution in [0.15, 0.2) is 6.20 Å². The van der Waals surface area contributed by atoms with Gasteiger partial charge in [-0.2, -0.15) is 4.98 Å². The van der Waals surface area contributed by atoms with Gasteiger partial charge in [0.1, 0.15) is 5.82 Å². The number of nitrogens with two attached hydrogens (primary N) is 1. The van der Waals surface area contributed by atoms with Gasteiger partial charge in [-0.3, -0.25) is 0 Å². The lowest BCUT2D eigenvalue weighted by molar-refractivity contribution is 0.0343. The summed E-state index contributed by atoms with van der Waals surface area (Å²) in [5, 5.41) is 3.19. The molecule has 0 aliphatic carbocycles. The summed E-state index contributed by atoms with van der Waals surface area (Å²) < 4.78 is 5.29. The molecule has 0 spiro atoms. The Morgan fingerprint density at radius 1 is 1.53 bits per heavy atom. The molecule has 0 aliphatic rings. The maximum atomic E-state index is 5.51. The van der Waals surface area contributed by atoms with Crippen LogP contribution in [0.2, 0.25) is 0 Å². The molecule has 0 aromatic carbocycles. The van der Waals surface area contributed by atoms with Crippen LogP contribution < -0.4 is 11.1 Å². The third kappa shape index (κ3) is 3.36. The van der Waals surface area contributed by atoms with Crippen LogP contribution in [-0.2, 0) is 4.74 Å². The van der Waals surface area contributed by atoms with Gasteiger partial charge in [-0.15, -0.1) is 0 Å². The monoisotopic (exact) mass is 210 g/mol. The van der Waals surface area contributed by atoms with E-state index in [1.165, 1.54) is 0 Å². The minimum absolute atomic E-state index is 0.230. The number of rotatable bonds is 4. The SMILES string of the molecule is COC(C)(C)CNc1nc(N)ncc1C. The predicted molar refractivity (Wildman–Crippen MR) is 60.8 cm³/mol. The minimum atomic E-state index is -0.230. The van der Waals surface area contributed by atoms with Gasteiger partial charge in [-0.05, 0) is 20.8 Å². The summed E-state index contributed by atoms with van der Waals surface area (Å²) >= 11 is 0. The highest BCUT2D eigenvalue weighted by molar-refractivity contribution is 5.45. The Labute approximate surface area is 90.1 Å². The highest BCUT2D eigenvalue weighted by Crippen LogP contribution is 2.14. The predicted octanol–water partition coefficient (Wildman–Crippen LogP) is 1.20. The first-order valence-corrected chi connectivity index (χ1v) is 4.83. The second-order valence-electron chi connectivity index (χ2n) is 4.08. The highest BCUT2D eigenvalue weighted by atomic mass is 16.5. The molecular formula is C10H18N4O. The largest absolute Gasteiger partial charge is 0.377 e. The van der Waals surface area contributed by atoms with E-state index in [0.29, 0.717) is 6.54 Å². The molecule has 5 nitrogen and oxygen atoms in total. The van der Waals surface area contributed by atoms with E-state index in [0.717, 1.165) is 11.4 Å². The van der Waals surface area contributed by atoms with Gasteiger partial charge in [-0.1, -0.05) is 0 Å². The Morgan fingerprint density at radius 2 is 2.20 bits per heavy atom. The summed E-state index contributed by atoms with van der Waals surface area (Å²) in [5.41, 5.74) is 6.24. The van der Waals surface area contributed by atoms with Crippen molar-refractivity contribution in [2.45, 2.75) is 26.4 Å². The summed E-state index contributed by atoms with van der Waals surface area (Å²) in [6, 6.07) is 0. The number of ether oxygens (including phenoxy) is 1. The van der Waals surface area contributed by atoms with Crippen molar-refractivity contribution >= 4 is 11.8 Å². The van der Waals surface area contributed by atoms with Gasteiger partial charge in [0, 0.05) is 25.4 Å². The molecule has 1 aromatic heterocycles. The molecule has 3 N–H and O–H groups in total. The number of aromatic nitrogens is 2. The average molecular weight is 210 g/mol. The zero-order valence-corrected chi connectivity index (χ0v) is 9.66. The van der Waals surface area contributed by atoms with Crippen molar-refractivity contribution in [3.8, 4) is 0 Å². The number of anilines is 2. The number of hydrogen-bond donors (Lipinski definition) is 2. The fourth-order valence-electron chi connectivity index (χ4n) is 1.00. The number of hydrogen-bond acceptors (Lipinski definition) is 5. The molecule has 1 heterocycles. The van der Waals surface area contributed by atoms with E-state index >= 15 is 0 Å². The average Bonchev–Trinajstić information content (AvgIpc) is 2.20. The van der Waals surface area contributed by atoms with E-state index in [1.807, 2.05) is 20.8 Å². The van der Waals surface area contributed by atoms with Crippen LogP contribution in [-0.4, -0.2) is 29.2 Å². The fourth-order valence-corrected chi connectivity index (χ4v) is 1.00. The second kappa shape index (κ2) is 4.44. The summed E-state index contributed by atoms with van der Waals surface area (Å²) in [4.78, 5) is 8.01. The molecule has 0 bridgehead atoms. The van der Waals surface area contributed by atoms with Gasteiger partial charge in [0.2, 0.25) is 5.95 Å². The third-order valence-corrected chi connectivity index (χ3v) is 2.22. The molecule has 0 fully saturated rings. The lowest BCUT2D eigenvalue weighted by atomic mass is 10.1. The van der Waals surface area contributed by atoms with E-state index in [4.69, 9.17) is 10.5 Å². The molecule has 1 aromatic rings. The summed E-state index contributed by atoms with van der Waals surface area (Å²) in [7, 11) is 1.68. The van der Waals surface area contributed by atoms with Crippen molar-refractivity contribution in [1.82, 2.24) is 9.97 Å². The molecule has 1 rings (SSSR count). The molecule has 5 heteroatoms. The normalized spacial score (nSPS) is 11.5. The van der Waals surface area contributed by atoms with Crippen molar-refractivity contribution in [3.63, 3.8) is 0 Å². The topological polar surface area (TPSA) is 73.1 Å². The number of nitrogen functional groups attached to an aromatic ring is 1. The molecule has 0 radical (unpaired) electrons. The van der Waals surface area contributed by atoms with E-state index in [1.54, 1.807) is 13.3 Å². The Kier molecular flexibility index (Phi) is 3.47. The van der Waals surface area contributed by atoms with Gasteiger partial charge in [0.15, 0.2) is 0 Å². The number of aryl methyl sites for hydroxylation is 1. The van der Waals surface area contributed by atoms with E-state index in [9.17, 15) is 0 Å². The first kappa shape index (κ1) is 11.7. The molecule has 0 atom stereocenters. The van der Waals surface area contributed by atoms with Crippen LogP contribution >= 0.6 is 0 Å². The van der Waals surface area contributed by atoms with Crippen molar-refractivity contribution in [2.75, 3.05) is 24.7 Å². The number of nitrogens with zero attached hydrogens (tertiary/aromatic N) is 2. The Bertz CT molecular complexity index is 338. The van der Waals surface area contributed by atoms with Gasteiger partial charge in [-0.25, -0.2) is 4.98 Å². The summed E-state index contributed by atoms with van der Waals surface area (Å²) in [5.74, 6) is 1.03. The Hall–Kier alpha value is -1.36. The molecule has 0 saturated heterocycles. The van der Waals surface area contributed by atoms with Crippen molar-refractivity contribution in [2.24, 2.45) is 0 Å². The fraction of sp³-hybridized carbons (Fsp3) is 0.600. The van der Waals surface area contributed by atoms with Crippen molar-refractivity contribution < 1.29 is 4.74 Å². The minimum Gasteiger partial charge on any atom is -0.377 e. The van der Waals surface area contributed by atoms with Crippen LogP contribution in [0.1, 0.15) is 19.4 Å². The smallest absolute Gasteiger partial charge is 0.221 e. The maximum Gasteiger partial charge on any atom is 0.221 e. The van der Waals surface area contributed by atoms with Crippen LogP contribution in [0.5, 0.6) is 0 Å². The van der Waals surface area contributed by atoms with Crippen molar-refractivity contribution in [1.29, 1.82) is 0 Å². The van der Waals surface area contributed by atoms with Crippen LogP contribution in [0, 0.1) is 6.92 Å². The molecule has 0 unspecified atom stereocenters. The van der Waals surface area contributed by atoms with Gasteiger partial charge in [0.25, 0.3) is 0 Å². The molecule has 0 amide bonds. The third-order valence-electron chi connectivity index (χ3n) is 2.22. The van der Waals surface area contributed by atoms with Crippen LogP contribution in [0.25, 0.3) is 0 Å². The maximum absolute atomic E-state index is 5.51. The zero-order chi connectivity index (χ0) is 11.5. The van der Waals surface area contributed by atoms with Crippen molar-refractivity contribution in [3.05, 3.63) is 11.8 Å². The molecule has 0 saturated carbocycles. The van der Waals surface area contributed by atoms with Gasteiger partial charge in [0.05, 0.1) is 5.60 Å². The van der Waals surface area contributed by atoms with E-state index < -0.39 is 0 Å². The second-order valence-corrected chi connectivity index (χ2v) is 4.08. The first-order chi connectivity index (χ1) is 6.94. The molecule has 84 valence electrons. The number of nitrogens with one attached hydrogen (secondary N) is 1. The first-order valence-electron chi connectivity index (χ1n) is 4.83. The molecule has 0 aliphatic heterocycles. The quantitative estimate of drug-likeness (QED) is 0.781. The molecular weight excluding hydrogens is 192 g/mol. The molecule has 15 heavy (non-hydrogen) atoms. The van der Waals surface area contributed by atoms with E-state index in [2.05, 4.69) is 15.3 Å². The zero-order valence-electron chi connectivity index (χ0n) is 9.66. The Morgan fingerprint density at radius 3 is 2.80 bits per heavy atom. The highest BCUT2D eigenvalue weighted by Gasteiger charge is 2.16. The van der Waals surface area contributed by atoms with Crippen LogP contribution in [0.4, 0.5) is 11.8 Å². The Balaban J connectivity index is 2.69. The lowest BCUT2D eigenvalue weighted by Crippen LogP contribution is -2.32. The summed E-state index contributed by atoms with van der Waals surface area (Å²) in [6.45, 7) is 6.60. The standard InChI is InChI=1S/C10H18N4O/c1-7-5-12-9(11)14-8(7)13-6-10(2,3)15-4/h5H,6H2,1-4H3,(H3,11,12,13,14). The van der Waals surface area contributed by atoms with E-state index in [-0.39, 0.29) is 11.5 Å².